The molecule has 32 heavy (non-hydrogen) atoms. The normalized spacial score (nSPS) is 23.4. The topological polar surface area (TPSA) is 66.0 Å². The molecule has 0 unspecified atom stereocenters. The minimum atomic E-state index is -0.0767. The standard InChI is InChI=1S/C26H35N5O/c1-15-7-22(29-31(15)6)25(32)28-12-16-8-19-20-10-18(26(2,3)4)11-21-24(20)17(13-27-21)9-23(19)30(5)14-16/h7,10-11,13,16,19,23,27H,8-9,12,14H2,1-6H3,(H,28,32)/t16-,19+,23+/m0/s1. The molecule has 1 aromatic carbocycles. The van der Waals surface area contributed by atoms with E-state index in [4.69, 9.17) is 0 Å². The van der Waals surface area contributed by atoms with E-state index in [0.29, 0.717) is 30.1 Å². The first-order valence-corrected chi connectivity index (χ1v) is 11.7. The first-order valence-electron chi connectivity index (χ1n) is 11.7. The van der Waals surface area contributed by atoms with Crippen LogP contribution in [0.3, 0.4) is 0 Å². The minimum absolute atomic E-state index is 0.0767. The summed E-state index contributed by atoms with van der Waals surface area (Å²) in [6.07, 6.45) is 4.41. The Morgan fingerprint density at radius 1 is 1.25 bits per heavy atom. The van der Waals surface area contributed by atoms with Crippen molar-refractivity contribution in [2.24, 2.45) is 13.0 Å². The summed E-state index contributed by atoms with van der Waals surface area (Å²) in [6, 6.07) is 7.16. The van der Waals surface area contributed by atoms with Gasteiger partial charge in [0.05, 0.1) is 0 Å². The van der Waals surface area contributed by atoms with Gasteiger partial charge in [-0.2, -0.15) is 5.10 Å². The van der Waals surface area contributed by atoms with Crippen LogP contribution in [0, 0.1) is 12.8 Å². The molecule has 6 heteroatoms. The molecule has 1 fully saturated rings. The Kier molecular flexibility index (Phi) is 4.97. The van der Waals surface area contributed by atoms with Gasteiger partial charge < -0.3 is 15.2 Å². The predicted molar refractivity (Wildman–Crippen MR) is 128 cm³/mol. The number of carbonyl (C=O) groups excluding carboxylic acids is 1. The second kappa shape index (κ2) is 7.48. The van der Waals surface area contributed by atoms with Crippen LogP contribution >= 0.6 is 0 Å². The average molecular weight is 434 g/mol. The number of aromatic amines is 1. The van der Waals surface area contributed by atoms with Gasteiger partial charge in [-0.1, -0.05) is 26.8 Å². The van der Waals surface area contributed by atoms with Crippen molar-refractivity contribution in [3.05, 3.63) is 52.5 Å². The number of piperidine rings is 1. The van der Waals surface area contributed by atoms with Crippen LogP contribution in [0.4, 0.5) is 0 Å². The lowest BCUT2D eigenvalue weighted by molar-refractivity contribution is 0.0886. The van der Waals surface area contributed by atoms with Gasteiger partial charge in [0, 0.05) is 54.9 Å². The molecule has 170 valence electrons. The second-order valence-electron chi connectivity index (χ2n) is 11.0. The van der Waals surface area contributed by atoms with Gasteiger partial charge in [0.25, 0.3) is 5.91 Å². The van der Waals surface area contributed by atoms with Gasteiger partial charge in [-0.15, -0.1) is 0 Å². The fourth-order valence-electron chi connectivity index (χ4n) is 5.71. The maximum absolute atomic E-state index is 12.7. The summed E-state index contributed by atoms with van der Waals surface area (Å²) >= 11 is 0. The van der Waals surface area contributed by atoms with Gasteiger partial charge in [-0.25, -0.2) is 0 Å². The first kappa shape index (κ1) is 21.3. The molecule has 0 radical (unpaired) electrons. The number of fused-ring (bicyclic) bond motifs is 2. The Morgan fingerprint density at radius 2 is 2.03 bits per heavy atom. The number of carbonyl (C=O) groups is 1. The Balaban J connectivity index is 1.40. The third kappa shape index (κ3) is 3.54. The summed E-state index contributed by atoms with van der Waals surface area (Å²) < 4.78 is 1.75. The van der Waals surface area contributed by atoms with E-state index < -0.39 is 0 Å². The highest BCUT2D eigenvalue weighted by Crippen LogP contribution is 2.45. The van der Waals surface area contributed by atoms with Crippen LogP contribution in [0.1, 0.15) is 66.0 Å². The van der Waals surface area contributed by atoms with Crippen molar-refractivity contribution in [1.29, 1.82) is 0 Å². The number of likely N-dealkylation sites (N-methyl/N-ethyl adjacent to an activating group) is 1. The van der Waals surface area contributed by atoms with Crippen LogP contribution < -0.4 is 5.32 Å². The SMILES string of the molecule is Cc1cc(C(=O)NC[C@@H]2C[C@@H]3c4cc(C(C)(C)C)cc5[nH]cc(c45)C[C@H]3N(C)C2)nn1C. The molecular weight excluding hydrogens is 398 g/mol. The molecular formula is C26H35N5O. The first-order chi connectivity index (χ1) is 15.1. The zero-order valence-electron chi connectivity index (χ0n) is 20.1. The zero-order valence-corrected chi connectivity index (χ0v) is 20.1. The van der Waals surface area contributed by atoms with Gasteiger partial charge >= 0.3 is 0 Å². The molecule has 2 aliphatic rings. The van der Waals surface area contributed by atoms with E-state index in [9.17, 15) is 4.79 Å². The van der Waals surface area contributed by atoms with Crippen LogP contribution in [0.2, 0.25) is 0 Å². The molecule has 3 atom stereocenters. The van der Waals surface area contributed by atoms with Crippen molar-refractivity contribution in [2.75, 3.05) is 20.1 Å². The molecule has 3 aromatic rings. The zero-order chi connectivity index (χ0) is 22.8. The van der Waals surface area contributed by atoms with E-state index >= 15 is 0 Å². The Bertz CT molecular complexity index is 1160. The predicted octanol–water partition coefficient (Wildman–Crippen LogP) is 3.90. The number of amides is 1. The van der Waals surface area contributed by atoms with Crippen LogP contribution in [0.5, 0.6) is 0 Å². The number of aryl methyl sites for hydroxylation is 2. The Labute approximate surface area is 190 Å². The van der Waals surface area contributed by atoms with Crippen molar-refractivity contribution >= 4 is 16.8 Å². The third-order valence-electron chi connectivity index (χ3n) is 7.65. The highest BCUT2D eigenvalue weighted by Gasteiger charge is 2.40. The number of nitrogens with zero attached hydrogens (tertiary/aromatic N) is 3. The quantitative estimate of drug-likeness (QED) is 0.658. The molecule has 2 aromatic heterocycles. The smallest absolute Gasteiger partial charge is 0.271 e. The third-order valence-corrected chi connectivity index (χ3v) is 7.65. The van der Waals surface area contributed by atoms with E-state index in [-0.39, 0.29) is 11.3 Å². The van der Waals surface area contributed by atoms with Crippen molar-refractivity contribution < 1.29 is 4.79 Å². The summed E-state index contributed by atoms with van der Waals surface area (Å²) in [6.45, 7) is 10.5. The lowest BCUT2D eigenvalue weighted by Crippen LogP contribution is -2.50. The number of benzene rings is 1. The van der Waals surface area contributed by atoms with Gasteiger partial charge in [-0.05, 0) is 67.0 Å². The maximum atomic E-state index is 12.7. The highest BCUT2D eigenvalue weighted by atomic mass is 16.1. The van der Waals surface area contributed by atoms with Gasteiger partial charge in [0.15, 0.2) is 0 Å². The maximum Gasteiger partial charge on any atom is 0.271 e. The molecule has 1 aliphatic heterocycles. The Morgan fingerprint density at radius 3 is 2.72 bits per heavy atom. The number of hydrogen-bond acceptors (Lipinski definition) is 3. The number of aromatic nitrogens is 3. The fourth-order valence-corrected chi connectivity index (χ4v) is 5.71. The highest BCUT2D eigenvalue weighted by molar-refractivity contribution is 5.92. The molecule has 1 aliphatic carbocycles. The van der Waals surface area contributed by atoms with Crippen LogP contribution in [0.25, 0.3) is 10.9 Å². The molecule has 0 spiro atoms. The Hall–Kier alpha value is -2.60. The van der Waals surface area contributed by atoms with Crippen LogP contribution in [0.15, 0.2) is 24.4 Å². The van der Waals surface area contributed by atoms with Crippen LogP contribution in [-0.4, -0.2) is 51.8 Å². The average Bonchev–Trinajstić information content (AvgIpc) is 3.30. The largest absolute Gasteiger partial charge is 0.361 e. The minimum Gasteiger partial charge on any atom is -0.361 e. The molecule has 2 N–H and O–H groups in total. The van der Waals surface area contributed by atoms with E-state index in [1.54, 1.807) is 4.68 Å². The summed E-state index contributed by atoms with van der Waals surface area (Å²) in [4.78, 5) is 18.7. The van der Waals surface area contributed by atoms with Gasteiger partial charge in [-0.3, -0.25) is 9.48 Å². The van der Waals surface area contributed by atoms with Crippen molar-refractivity contribution in [1.82, 2.24) is 25.0 Å². The molecule has 5 rings (SSSR count). The lowest BCUT2D eigenvalue weighted by Gasteiger charge is -2.46. The molecule has 1 amide bonds. The summed E-state index contributed by atoms with van der Waals surface area (Å²) in [5.74, 6) is 0.830. The monoisotopic (exact) mass is 433 g/mol. The fraction of sp³-hybridized carbons (Fsp3) is 0.538. The summed E-state index contributed by atoms with van der Waals surface area (Å²) in [5, 5.41) is 8.91. The lowest BCUT2D eigenvalue weighted by atomic mass is 9.71. The van der Waals surface area contributed by atoms with Gasteiger partial charge in [0.2, 0.25) is 0 Å². The molecule has 0 saturated carbocycles. The van der Waals surface area contributed by atoms with E-state index in [1.807, 2.05) is 20.0 Å². The number of hydrogen-bond donors (Lipinski definition) is 2. The molecule has 0 bridgehead atoms. The van der Waals surface area contributed by atoms with E-state index in [1.165, 1.54) is 27.6 Å². The molecule has 3 heterocycles. The van der Waals surface area contributed by atoms with E-state index in [2.05, 4.69) is 66.4 Å². The summed E-state index contributed by atoms with van der Waals surface area (Å²) in [7, 11) is 4.11. The van der Waals surface area contributed by atoms with Crippen molar-refractivity contribution in [3.63, 3.8) is 0 Å². The number of nitrogens with one attached hydrogen (secondary N) is 2. The molecule has 6 nitrogen and oxygen atoms in total. The van der Waals surface area contributed by atoms with Crippen molar-refractivity contribution in [3.8, 4) is 0 Å². The number of likely N-dealkylation sites (tertiary alicyclic amines) is 1. The number of H-pyrrole nitrogens is 1. The van der Waals surface area contributed by atoms with Gasteiger partial charge in [0.1, 0.15) is 5.69 Å². The van der Waals surface area contributed by atoms with Crippen LogP contribution in [-0.2, 0) is 18.9 Å². The molecule has 1 saturated heterocycles. The van der Waals surface area contributed by atoms with E-state index in [0.717, 1.165) is 25.1 Å². The van der Waals surface area contributed by atoms with Crippen molar-refractivity contribution in [2.45, 2.75) is 57.9 Å². The number of rotatable bonds is 3. The second-order valence-corrected chi connectivity index (χ2v) is 11.0. The summed E-state index contributed by atoms with van der Waals surface area (Å²) in [5.41, 5.74) is 7.19.